The van der Waals surface area contributed by atoms with Gasteiger partial charge in [-0.3, -0.25) is 5.32 Å². The Hall–Kier alpha value is -2.23. The molecule has 1 aromatic heterocycles. The number of nitrogens with zero attached hydrogens (tertiary/aromatic N) is 1. The molecule has 1 aliphatic carbocycles. The number of fused-ring (bicyclic) bond motifs is 1. The molecular weight excluding hydrogens is 431 g/mol. The lowest BCUT2D eigenvalue weighted by Gasteiger charge is -2.15. The summed E-state index contributed by atoms with van der Waals surface area (Å²) in [4.78, 5) is 12.2. The molecule has 0 saturated heterocycles. The van der Waals surface area contributed by atoms with E-state index in [1.807, 2.05) is 6.92 Å². The van der Waals surface area contributed by atoms with Crippen LogP contribution in [0.25, 0.3) is 0 Å². The van der Waals surface area contributed by atoms with Crippen LogP contribution in [0, 0.1) is 0 Å². The molecule has 2 aliphatic rings. The van der Waals surface area contributed by atoms with Gasteiger partial charge in [-0.2, -0.15) is 13.2 Å². The van der Waals surface area contributed by atoms with E-state index in [0.29, 0.717) is 17.9 Å². The minimum absolute atomic E-state index is 0.0162. The predicted molar refractivity (Wildman–Crippen MR) is 94.0 cm³/mol. The second-order valence-electron chi connectivity index (χ2n) is 6.77. The van der Waals surface area contributed by atoms with Crippen molar-refractivity contribution in [3.63, 3.8) is 0 Å². The molecule has 10 heteroatoms. The zero-order chi connectivity index (χ0) is 19.4. The second kappa shape index (κ2) is 6.15. The van der Waals surface area contributed by atoms with Crippen LogP contribution in [0.3, 0.4) is 0 Å². The second-order valence-corrected chi connectivity index (χ2v) is 7.62. The van der Waals surface area contributed by atoms with Crippen molar-refractivity contribution in [3.8, 4) is 5.75 Å². The molecule has 2 N–H and O–H groups in total. The minimum atomic E-state index is -4.40. The Labute approximate surface area is 160 Å². The largest absolute Gasteiger partial charge is 0.488 e. The fourth-order valence-corrected chi connectivity index (χ4v) is 3.66. The molecule has 0 radical (unpaired) electrons. The van der Waals surface area contributed by atoms with Crippen molar-refractivity contribution >= 4 is 33.5 Å². The molecule has 1 saturated carbocycles. The number of benzene rings is 1. The summed E-state index contributed by atoms with van der Waals surface area (Å²) in [7, 11) is 0. The van der Waals surface area contributed by atoms with Crippen LogP contribution < -0.4 is 15.4 Å². The molecular formula is C17H15BrF3N3O3. The number of hydrogen-bond donors (Lipinski definition) is 2. The van der Waals surface area contributed by atoms with Gasteiger partial charge in [0.05, 0.1) is 5.69 Å². The van der Waals surface area contributed by atoms with Gasteiger partial charge in [0.15, 0.2) is 11.6 Å². The van der Waals surface area contributed by atoms with E-state index in [2.05, 4.69) is 31.7 Å². The lowest BCUT2D eigenvalue weighted by Crippen LogP contribution is -2.28. The van der Waals surface area contributed by atoms with Gasteiger partial charge < -0.3 is 14.6 Å². The van der Waals surface area contributed by atoms with Gasteiger partial charge in [0.2, 0.25) is 0 Å². The van der Waals surface area contributed by atoms with E-state index in [0.717, 1.165) is 16.1 Å². The highest BCUT2D eigenvalue weighted by Crippen LogP contribution is 2.59. The summed E-state index contributed by atoms with van der Waals surface area (Å²) < 4.78 is 50.8. The van der Waals surface area contributed by atoms with Gasteiger partial charge in [0.1, 0.15) is 17.3 Å². The lowest BCUT2D eigenvalue weighted by atomic mass is 10.0. The van der Waals surface area contributed by atoms with E-state index in [4.69, 9.17) is 9.26 Å². The number of carbonyl (C=O) groups excluding carboxylic acids is 1. The molecule has 144 valence electrons. The number of nitrogens with one attached hydrogen (secondary N) is 2. The summed E-state index contributed by atoms with van der Waals surface area (Å²) >= 11 is 3.45. The van der Waals surface area contributed by atoms with Crippen molar-refractivity contribution < 1.29 is 27.2 Å². The predicted octanol–water partition coefficient (Wildman–Crippen LogP) is 5.00. The average Bonchev–Trinajstić information content (AvgIpc) is 3.12. The fourth-order valence-electron chi connectivity index (χ4n) is 3.18. The summed E-state index contributed by atoms with van der Waals surface area (Å²) in [6, 6.07) is 3.94. The number of urea groups is 1. The fraction of sp³-hybridized carbons (Fsp3) is 0.412. The molecule has 4 rings (SSSR count). The Bertz CT molecular complexity index is 909. The van der Waals surface area contributed by atoms with Crippen LogP contribution in [-0.4, -0.2) is 23.5 Å². The first-order valence-corrected chi connectivity index (χ1v) is 9.09. The number of alkyl halides is 3. The van der Waals surface area contributed by atoms with Gasteiger partial charge in [-0.15, -0.1) is 0 Å². The molecule has 1 fully saturated rings. The molecule has 0 spiro atoms. The zero-order valence-corrected chi connectivity index (χ0v) is 15.7. The Morgan fingerprint density at radius 1 is 1.33 bits per heavy atom. The highest BCUT2D eigenvalue weighted by molar-refractivity contribution is 9.10. The number of halogens is 4. The smallest absolute Gasteiger partial charge is 0.401 e. The normalized spacial score (nSPS) is 20.0. The summed E-state index contributed by atoms with van der Waals surface area (Å²) in [5, 5.41) is 8.55. The molecule has 2 heterocycles. The molecule has 2 aromatic rings. The third-order valence-electron chi connectivity index (χ3n) is 4.78. The van der Waals surface area contributed by atoms with Gasteiger partial charge >= 0.3 is 12.2 Å². The maximum Gasteiger partial charge on any atom is 0.401 e. The highest BCUT2D eigenvalue weighted by atomic mass is 79.9. The number of ether oxygens (including phenoxy) is 1. The molecule has 1 atom stereocenters. The third-order valence-corrected chi connectivity index (χ3v) is 5.52. The van der Waals surface area contributed by atoms with Crippen LogP contribution in [0.2, 0.25) is 0 Å². The first-order valence-electron chi connectivity index (χ1n) is 8.29. The van der Waals surface area contributed by atoms with Gasteiger partial charge in [-0.05, 0) is 31.9 Å². The minimum Gasteiger partial charge on any atom is -0.488 e. The van der Waals surface area contributed by atoms with Crippen LogP contribution in [0.1, 0.15) is 31.1 Å². The van der Waals surface area contributed by atoms with E-state index in [1.165, 1.54) is 0 Å². The Balaban J connectivity index is 1.47. The van der Waals surface area contributed by atoms with Crippen LogP contribution in [0.15, 0.2) is 27.2 Å². The van der Waals surface area contributed by atoms with E-state index in [-0.39, 0.29) is 30.5 Å². The number of hydrogen-bond acceptors (Lipinski definition) is 4. The van der Waals surface area contributed by atoms with Crippen LogP contribution >= 0.6 is 15.9 Å². The number of carbonyl (C=O) groups is 1. The van der Waals surface area contributed by atoms with Crippen molar-refractivity contribution in [2.24, 2.45) is 0 Å². The molecule has 0 bridgehead atoms. The maximum atomic E-state index is 13.1. The first-order chi connectivity index (χ1) is 12.7. The zero-order valence-electron chi connectivity index (χ0n) is 14.1. The topological polar surface area (TPSA) is 76.4 Å². The highest BCUT2D eigenvalue weighted by Gasteiger charge is 2.66. The van der Waals surface area contributed by atoms with Crippen LogP contribution in [0.4, 0.5) is 29.5 Å². The molecule has 6 nitrogen and oxygen atoms in total. The maximum absolute atomic E-state index is 13.1. The molecule has 1 aromatic carbocycles. The summed E-state index contributed by atoms with van der Waals surface area (Å²) in [6.07, 6.45) is -3.80. The average molecular weight is 446 g/mol. The summed E-state index contributed by atoms with van der Waals surface area (Å²) in [5.74, 6) is 0.204. The van der Waals surface area contributed by atoms with Crippen molar-refractivity contribution in [1.29, 1.82) is 0 Å². The monoisotopic (exact) mass is 445 g/mol. The first kappa shape index (κ1) is 18.1. The van der Waals surface area contributed by atoms with Gasteiger partial charge in [-0.1, -0.05) is 21.1 Å². The molecule has 1 aliphatic heterocycles. The molecule has 27 heavy (non-hydrogen) atoms. The van der Waals surface area contributed by atoms with Crippen molar-refractivity contribution in [3.05, 3.63) is 34.0 Å². The van der Waals surface area contributed by atoms with Gasteiger partial charge in [0.25, 0.3) is 0 Å². The lowest BCUT2D eigenvalue weighted by molar-refractivity contribution is -0.165. The summed E-state index contributed by atoms with van der Waals surface area (Å²) in [5.41, 5.74) is -0.565. The van der Waals surface area contributed by atoms with Gasteiger partial charge in [0, 0.05) is 22.5 Å². The number of rotatable bonds is 3. The van der Waals surface area contributed by atoms with E-state index < -0.39 is 17.6 Å². The van der Waals surface area contributed by atoms with Crippen molar-refractivity contribution in [2.75, 3.05) is 10.6 Å². The van der Waals surface area contributed by atoms with Crippen LogP contribution in [0.5, 0.6) is 5.75 Å². The number of aromatic nitrogens is 1. The Morgan fingerprint density at radius 2 is 2.07 bits per heavy atom. The standard InChI is InChI=1S/C17H15BrF3N3O3/c1-8-6-9-10(18)2-3-11(14(9)26-8)22-15(25)23-13-7-12(27-24-13)16(4-5-16)17(19,20)21/h2-3,7-8H,4-6H2,1H3,(H2,22,23,24,25). The molecule has 2 amide bonds. The number of anilines is 2. The number of amides is 2. The van der Waals surface area contributed by atoms with Crippen molar-refractivity contribution in [1.82, 2.24) is 5.16 Å². The van der Waals surface area contributed by atoms with E-state index >= 15 is 0 Å². The third kappa shape index (κ3) is 3.15. The van der Waals surface area contributed by atoms with E-state index in [9.17, 15) is 18.0 Å². The Morgan fingerprint density at radius 3 is 2.74 bits per heavy atom. The van der Waals surface area contributed by atoms with E-state index in [1.54, 1.807) is 12.1 Å². The quantitative estimate of drug-likeness (QED) is 0.696. The summed E-state index contributed by atoms with van der Waals surface area (Å²) in [6.45, 7) is 1.92. The van der Waals surface area contributed by atoms with Gasteiger partial charge in [-0.25, -0.2) is 4.79 Å². The SMILES string of the molecule is CC1Cc2c(Br)ccc(NC(=O)Nc3cc(C4(C(F)(F)F)CC4)on3)c2O1. The molecule has 1 unspecified atom stereocenters. The van der Waals surface area contributed by atoms with Crippen molar-refractivity contribution in [2.45, 2.75) is 43.9 Å². The Kier molecular flexibility index (Phi) is 4.13. The van der Waals surface area contributed by atoms with Crippen LogP contribution in [-0.2, 0) is 11.8 Å².